The van der Waals surface area contributed by atoms with Crippen LogP contribution in [0.3, 0.4) is 0 Å². The Morgan fingerprint density at radius 2 is 1.94 bits per heavy atom. The largest absolute Gasteiger partial charge is 0.465 e. The molecule has 7 heteroatoms. The number of methoxy groups -OCH3 is 1. The van der Waals surface area contributed by atoms with Crippen LogP contribution in [0.2, 0.25) is 0 Å². The summed E-state index contributed by atoms with van der Waals surface area (Å²) in [6.07, 6.45) is 0. The number of ether oxygens (including phenoxy) is 1. The van der Waals surface area contributed by atoms with Gasteiger partial charge in [0.2, 0.25) is 10.0 Å². The highest BCUT2D eigenvalue weighted by molar-refractivity contribution is 7.89. The minimum absolute atomic E-state index is 0.0723. The van der Waals surface area contributed by atoms with Gasteiger partial charge in [-0.15, -0.1) is 11.3 Å². The van der Waals surface area contributed by atoms with Crippen LogP contribution >= 0.6 is 11.3 Å². The highest BCUT2D eigenvalue weighted by Gasteiger charge is 2.31. The lowest BCUT2D eigenvalue weighted by atomic mass is 10.3. The molecule has 1 aromatic heterocycles. The molecule has 1 heterocycles. The maximum atomic E-state index is 12.4. The van der Waals surface area contributed by atoms with Gasteiger partial charge in [0.25, 0.3) is 0 Å². The summed E-state index contributed by atoms with van der Waals surface area (Å²) in [6.45, 7) is 5.95. The Morgan fingerprint density at radius 1 is 1.39 bits per heavy atom. The molecule has 1 aromatic rings. The summed E-state index contributed by atoms with van der Waals surface area (Å²) in [6, 6.07) is 0. The second kappa shape index (κ2) is 5.81. The highest BCUT2D eigenvalue weighted by Crippen LogP contribution is 2.29. The minimum Gasteiger partial charge on any atom is -0.465 e. The topological polar surface area (TPSA) is 63.7 Å². The second-order valence-electron chi connectivity index (χ2n) is 3.66. The molecular formula is C11H17NO4S2. The van der Waals surface area contributed by atoms with Gasteiger partial charge in [-0.2, -0.15) is 4.31 Å². The van der Waals surface area contributed by atoms with Crippen LogP contribution in [-0.2, 0) is 14.8 Å². The lowest BCUT2D eigenvalue weighted by molar-refractivity contribution is 0.0602. The molecule has 0 radical (unpaired) electrons. The third-order valence-corrected chi connectivity index (χ3v) is 6.04. The summed E-state index contributed by atoms with van der Waals surface area (Å²) in [5.41, 5.74) is 0.576. The van der Waals surface area contributed by atoms with Crippen LogP contribution in [0.4, 0.5) is 0 Å². The zero-order chi connectivity index (χ0) is 13.9. The van der Waals surface area contributed by atoms with Crippen molar-refractivity contribution in [2.45, 2.75) is 25.7 Å². The van der Waals surface area contributed by atoms with Gasteiger partial charge in [-0.1, -0.05) is 13.8 Å². The molecule has 0 aliphatic rings. The first-order chi connectivity index (χ1) is 8.39. The number of nitrogens with zero attached hydrogens (tertiary/aromatic N) is 1. The molecule has 0 N–H and O–H groups in total. The Kier molecular flexibility index (Phi) is 4.89. The number of esters is 1. The molecule has 0 unspecified atom stereocenters. The molecule has 0 atom stereocenters. The molecule has 0 aliphatic heterocycles. The fourth-order valence-electron chi connectivity index (χ4n) is 1.68. The van der Waals surface area contributed by atoms with Crippen molar-refractivity contribution in [2.75, 3.05) is 20.2 Å². The number of carbonyl (C=O) groups is 1. The number of sulfonamides is 1. The molecule has 0 amide bonds. The lowest BCUT2D eigenvalue weighted by Crippen LogP contribution is -2.31. The van der Waals surface area contributed by atoms with Crippen molar-refractivity contribution in [3.63, 3.8) is 0 Å². The Bertz CT molecular complexity index is 529. The number of carbonyl (C=O) groups excluding carboxylic acids is 1. The maximum Gasteiger partial charge on any atom is 0.349 e. The predicted molar refractivity (Wildman–Crippen MR) is 70.5 cm³/mol. The number of thiophene rings is 1. The average Bonchev–Trinajstić information content (AvgIpc) is 2.72. The van der Waals surface area contributed by atoms with Gasteiger partial charge in [-0.05, 0) is 17.9 Å². The molecule has 0 saturated carbocycles. The summed E-state index contributed by atoms with van der Waals surface area (Å²) in [4.78, 5) is 11.8. The van der Waals surface area contributed by atoms with Gasteiger partial charge in [0, 0.05) is 13.1 Å². The standard InChI is InChI=1S/C11H17NO4S2/c1-5-12(6-2)18(14,15)10-8(3)7-17-9(10)11(13)16-4/h7H,5-6H2,1-4H3. The van der Waals surface area contributed by atoms with Gasteiger partial charge in [0.15, 0.2) is 0 Å². The molecule has 0 aromatic carbocycles. The fraction of sp³-hybridized carbons (Fsp3) is 0.545. The van der Waals surface area contributed by atoms with E-state index in [2.05, 4.69) is 4.74 Å². The number of aryl methyl sites for hydroxylation is 1. The van der Waals surface area contributed by atoms with Gasteiger partial charge in [0.05, 0.1) is 7.11 Å². The molecule has 18 heavy (non-hydrogen) atoms. The third-order valence-electron chi connectivity index (χ3n) is 2.59. The van der Waals surface area contributed by atoms with Crippen molar-refractivity contribution in [2.24, 2.45) is 0 Å². The molecule has 1 rings (SSSR count). The number of hydrogen-bond donors (Lipinski definition) is 0. The van der Waals surface area contributed by atoms with Crippen LogP contribution in [-0.4, -0.2) is 38.9 Å². The Hall–Kier alpha value is -0.920. The van der Waals surface area contributed by atoms with Crippen molar-refractivity contribution in [1.29, 1.82) is 0 Å². The van der Waals surface area contributed by atoms with Crippen LogP contribution in [0.25, 0.3) is 0 Å². The number of hydrogen-bond acceptors (Lipinski definition) is 5. The molecule has 0 spiro atoms. The van der Waals surface area contributed by atoms with Crippen molar-refractivity contribution < 1.29 is 17.9 Å². The van der Waals surface area contributed by atoms with E-state index in [0.29, 0.717) is 18.7 Å². The molecule has 102 valence electrons. The van der Waals surface area contributed by atoms with E-state index >= 15 is 0 Å². The normalized spacial score (nSPS) is 11.8. The molecule has 0 aliphatic carbocycles. The van der Waals surface area contributed by atoms with E-state index in [1.807, 2.05) is 0 Å². The molecule has 5 nitrogen and oxygen atoms in total. The third kappa shape index (κ3) is 2.57. The average molecular weight is 291 g/mol. The lowest BCUT2D eigenvalue weighted by Gasteiger charge is -2.19. The van der Waals surface area contributed by atoms with E-state index in [4.69, 9.17) is 0 Å². The zero-order valence-electron chi connectivity index (χ0n) is 10.9. The quantitative estimate of drug-likeness (QED) is 0.777. The van der Waals surface area contributed by atoms with E-state index in [1.54, 1.807) is 26.2 Å². The Balaban J connectivity index is 3.41. The predicted octanol–water partition coefficient (Wildman–Crippen LogP) is 1.87. The van der Waals surface area contributed by atoms with Crippen molar-refractivity contribution >= 4 is 27.3 Å². The van der Waals surface area contributed by atoms with Crippen molar-refractivity contribution in [3.8, 4) is 0 Å². The fourth-order valence-corrected chi connectivity index (χ4v) is 4.80. The maximum absolute atomic E-state index is 12.4. The van der Waals surface area contributed by atoms with E-state index in [-0.39, 0.29) is 9.77 Å². The molecule has 0 fully saturated rings. The van der Waals surface area contributed by atoms with Crippen LogP contribution in [0, 0.1) is 6.92 Å². The second-order valence-corrected chi connectivity index (χ2v) is 6.41. The van der Waals surface area contributed by atoms with E-state index < -0.39 is 16.0 Å². The highest BCUT2D eigenvalue weighted by atomic mass is 32.2. The summed E-state index contributed by atoms with van der Waals surface area (Å²) >= 11 is 1.09. The zero-order valence-corrected chi connectivity index (χ0v) is 12.5. The summed E-state index contributed by atoms with van der Waals surface area (Å²) in [7, 11) is -2.39. The minimum atomic E-state index is -3.63. The summed E-state index contributed by atoms with van der Waals surface area (Å²) < 4.78 is 30.8. The van der Waals surface area contributed by atoms with Crippen LogP contribution in [0.1, 0.15) is 29.1 Å². The van der Waals surface area contributed by atoms with Crippen LogP contribution in [0.5, 0.6) is 0 Å². The summed E-state index contributed by atoms with van der Waals surface area (Å²) in [5.74, 6) is -0.612. The van der Waals surface area contributed by atoms with Crippen molar-refractivity contribution in [3.05, 3.63) is 15.8 Å². The first-order valence-electron chi connectivity index (χ1n) is 5.56. The SMILES string of the molecule is CCN(CC)S(=O)(=O)c1c(C)csc1C(=O)OC. The first kappa shape index (κ1) is 15.1. The monoisotopic (exact) mass is 291 g/mol. The van der Waals surface area contributed by atoms with Crippen molar-refractivity contribution in [1.82, 2.24) is 4.31 Å². The Labute approximate surface area is 111 Å². The van der Waals surface area contributed by atoms with E-state index in [0.717, 1.165) is 11.3 Å². The van der Waals surface area contributed by atoms with E-state index in [9.17, 15) is 13.2 Å². The number of rotatable bonds is 5. The van der Waals surface area contributed by atoms with Gasteiger partial charge in [-0.3, -0.25) is 0 Å². The van der Waals surface area contributed by atoms with Gasteiger partial charge in [0.1, 0.15) is 9.77 Å². The van der Waals surface area contributed by atoms with E-state index in [1.165, 1.54) is 11.4 Å². The smallest absolute Gasteiger partial charge is 0.349 e. The van der Waals surface area contributed by atoms with Crippen LogP contribution in [0.15, 0.2) is 10.3 Å². The Morgan fingerprint density at radius 3 is 2.39 bits per heavy atom. The van der Waals surface area contributed by atoms with Gasteiger partial charge in [-0.25, -0.2) is 13.2 Å². The molecule has 0 bridgehead atoms. The van der Waals surface area contributed by atoms with Gasteiger partial charge >= 0.3 is 5.97 Å². The molecule has 0 saturated heterocycles. The molecular weight excluding hydrogens is 274 g/mol. The summed E-state index contributed by atoms with van der Waals surface area (Å²) in [5, 5.41) is 1.66. The first-order valence-corrected chi connectivity index (χ1v) is 7.88. The van der Waals surface area contributed by atoms with Gasteiger partial charge < -0.3 is 4.74 Å². The van der Waals surface area contributed by atoms with Crippen LogP contribution < -0.4 is 0 Å².